The monoisotopic (exact) mass is 364 g/mol. The number of hydrogen-bond donors (Lipinski definition) is 1. The summed E-state index contributed by atoms with van der Waals surface area (Å²) in [4.78, 5) is 18.6. The number of hydrogen-bond acceptors (Lipinski definition) is 5. The van der Waals surface area contributed by atoms with Gasteiger partial charge >= 0.3 is 0 Å². The number of ether oxygens (including phenoxy) is 1. The molecule has 27 heavy (non-hydrogen) atoms. The fourth-order valence-corrected chi connectivity index (χ4v) is 2.64. The number of nitrogens with two attached hydrogens (primary N) is 1. The van der Waals surface area contributed by atoms with Gasteiger partial charge in [-0.25, -0.2) is 4.98 Å². The van der Waals surface area contributed by atoms with Crippen molar-refractivity contribution >= 4 is 5.82 Å². The molecule has 2 N–H and O–H groups in total. The maximum atomic E-state index is 12.4. The molecular formula is C21H24N4O2. The molecule has 0 bridgehead atoms. The Bertz CT molecular complexity index is 952. The Labute approximate surface area is 158 Å². The lowest BCUT2D eigenvalue weighted by atomic mass is 10.1. The predicted octanol–water partition coefficient (Wildman–Crippen LogP) is 2.63. The van der Waals surface area contributed by atoms with Crippen LogP contribution in [0.25, 0.3) is 11.1 Å². The zero-order chi connectivity index (χ0) is 19.2. The minimum absolute atomic E-state index is 0.0436. The highest BCUT2D eigenvalue weighted by Crippen LogP contribution is 2.27. The van der Waals surface area contributed by atoms with Gasteiger partial charge < -0.3 is 19.9 Å². The Kier molecular flexibility index (Phi) is 5.88. The van der Waals surface area contributed by atoms with Gasteiger partial charge in [-0.15, -0.1) is 0 Å². The number of rotatable bonds is 7. The molecule has 0 unspecified atom stereocenters. The number of nitrogens with zero attached hydrogens (tertiary/aromatic N) is 3. The minimum Gasteiger partial charge on any atom is -0.485 e. The minimum atomic E-state index is -0.0436. The summed E-state index contributed by atoms with van der Waals surface area (Å²) in [6.07, 6.45) is 3.46. The van der Waals surface area contributed by atoms with Crippen LogP contribution in [0, 0.1) is 0 Å². The molecule has 0 atom stereocenters. The maximum Gasteiger partial charge on any atom is 0.251 e. The van der Waals surface area contributed by atoms with E-state index >= 15 is 0 Å². The Balaban J connectivity index is 1.79. The fourth-order valence-electron chi connectivity index (χ4n) is 2.64. The molecule has 0 fully saturated rings. The first-order valence-corrected chi connectivity index (χ1v) is 8.81. The normalized spacial score (nSPS) is 10.9. The molecule has 0 aliphatic rings. The lowest BCUT2D eigenvalue weighted by molar-refractivity contribution is 0.307. The van der Waals surface area contributed by atoms with Crippen molar-refractivity contribution in [3.63, 3.8) is 0 Å². The SMILES string of the molecule is CN(C)CCn1ccc(-c2cnc(N)c(OCc3ccccc3)c2)cc1=O. The fraction of sp³-hybridized carbons (Fsp3) is 0.238. The molecule has 0 saturated heterocycles. The first-order valence-electron chi connectivity index (χ1n) is 8.81. The molecule has 3 aromatic rings. The zero-order valence-corrected chi connectivity index (χ0v) is 15.6. The molecule has 0 aliphatic carbocycles. The summed E-state index contributed by atoms with van der Waals surface area (Å²) in [5.41, 5.74) is 8.54. The second kappa shape index (κ2) is 8.51. The molecule has 140 valence electrons. The van der Waals surface area contributed by atoms with Crippen molar-refractivity contribution in [2.45, 2.75) is 13.2 Å². The summed E-state index contributed by atoms with van der Waals surface area (Å²) in [5.74, 6) is 0.835. The number of aromatic nitrogens is 2. The topological polar surface area (TPSA) is 73.4 Å². The van der Waals surface area contributed by atoms with Crippen LogP contribution in [0.5, 0.6) is 5.75 Å². The molecule has 0 amide bonds. The van der Waals surface area contributed by atoms with E-state index in [1.807, 2.05) is 67.7 Å². The number of anilines is 1. The van der Waals surface area contributed by atoms with E-state index in [1.54, 1.807) is 16.8 Å². The van der Waals surface area contributed by atoms with Gasteiger partial charge in [-0.2, -0.15) is 0 Å². The molecule has 2 heterocycles. The Morgan fingerprint density at radius 2 is 1.89 bits per heavy atom. The van der Waals surface area contributed by atoms with Crippen LogP contribution in [0.15, 0.2) is 65.7 Å². The molecule has 2 aromatic heterocycles. The summed E-state index contributed by atoms with van der Waals surface area (Å²) in [5, 5.41) is 0. The molecule has 0 saturated carbocycles. The second-order valence-electron chi connectivity index (χ2n) is 6.63. The number of nitrogen functional groups attached to an aromatic ring is 1. The van der Waals surface area contributed by atoms with Crippen molar-refractivity contribution in [2.24, 2.45) is 0 Å². The van der Waals surface area contributed by atoms with Gasteiger partial charge in [0.25, 0.3) is 5.56 Å². The van der Waals surface area contributed by atoms with Gasteiger partial charge in [-0.05, 0) is 37.4 Å². The number of likely N-dealkylation sites (N-methyl/N-ethyl adjacent to an activating group) is 1. The van der Waals surface area contributed by atoms with Crippen molar-refractivity contribution < 1.29 is 4.74 Å². The molecule has 6 nitrogen and oxygen atoms in total. The first kappa shape index (κ1) is 18.7. The summed E-state index contributed by atoms with van der Waals surface area (Å²) in [7, 11) is 3.97. The number of pyridine rings is 2. The van der Waals surface area contributed by atoms with E-state index < -0.39 is 0 Å². The van der Waals surface area contributed by atoms with Crippen LogP contribution in [-0.2, 0) is 13.2 Å². The van der Waals surface area contributed by atoms with Crippen LogP contribution in [0.4, 0.5) is 5.82 Å². The highest BCUT2D eigenvalue weighted by Gasteiger charge is 2.08. The van der Waals surface area contributed by atoms with Crippen molar-refractivity contribution in [2.75, 3.05) is 26.4 Å². The maximum absolute atomic E-state index is 12.4. The molecule has 6 heteroatoms. The standard InChI is InChI=1S/C21H24N4O2/c1-24(2)10-11-25-9-8-17(13-20(25)26)18-12-19(21(22)23-14-18)27-15-16-6-4-3-5-7-16/h3-9,12-14H,10-11,15H2,1-2H3,(H2,22,23). The molecule has 0 spiro atoms. The van der Waals surface area contributed by atoms with Crippen molar-refractivity contribution in [1.29, 1.82) is 0 Å². The molecular weight excluding hydrogens is 340 g/mol. The van der Waals surface area contributed by atoms with Gasteiger partial charge in [0.05, 0.1) is 0 Å². The van der Waals surface area contributed by atoms with Crippen molar-refractivity contribution in [1.82, 2.24) is 14.5 Å². The van der Waals surface area contributed by atoms with Gasteiger partial charge in [0.15, 0.2) is 11.6 Å². The third-order valence-electron chi connectivity index (χ3n) is 4.24. The zero-order valence-electron chi connectivity index (χ0n) is 15.6. The third-order valence-corrected chi connectivity index (χ3v) is 4.24. The highest BCUT2D eigenvalue weighted by atomic mass is 16.5. The van der Waals surface area contributed by atoms with E-state index in [4.69, 9.17) is 10.5 Å². The van der Waals surface area contributed by atoms with Gasteiger partial charge in [0, 0.05) is 37.1 Å². The quantitative estimate of drug-likeness (QED) is 0.698. The van der Waals surface area contributed by atoms with E-state index in [0.29, 0.717) is 24.7 Å². The van der Waals surface area contributed by atoms with Gasteiger partial charge in [-0.3, -0.25) is 4.79 Å². The van der Waals surface area contributed by atoms with Gasteiger partial charge in [-0.1, -0.05) is 30.3 Å². The smallest absolute Gasteiger partial charge is 0.251 e. The highest BCUT2D eigenvalue weighted by molar-refractivity contribution is 5.66. The molecule has 0 radical (unpaired) electrons. The predicted molar refractivity (Wildman–Crippen MR) is 108 cm³/mol. The van der Waals surface area contributed by atoms with E-state index in [9.17, 15) is 4.79 Å². The van der Waals surface area contributed by atoms with Gasteiger partial charge in [0.2, 0.25) is 0 Å². The van der Waals surface area contributed by atoms with Crippen LogP contribution in [0.2, 0.25) is 0 Å². The lowest BCUT2D eigenvalue weighted by Crippen LogP contribution is -2.25. The molecule has 1 aromatic carbocycles. The Morgan fingerprint density at radius 3 is 2.59 bits per heavy atom. The first-order chi connectivity index (χ1) is 13.0. The average Bonchev–Trinajstić information content (AvgIpc) is 2.67. The average molecular weight is 364 g/mol. The van der Waals surface area contributed by atoms with E-state index in [2.05, 4.69) is 4.98 Å². The Hall–Kier alpha value is -3.12. The summed E-state index contributed by atoms with van der Waals surface area (Å²) >= 11 is 0. The second-order valence-corrected chi connectivity index (χ2v) is 6.63. The molecule has 3 rings (SSSR count). The van der Waals surface area contributed by atoms with Crippen LogP contribution in [0.1, 0.15) is 5.56 Å². The van der Waals surface area contributed by atoms with E-state index in [-0.39, 0.29) is 5.56 Å². The van der Waals surface area contributed by atoms with E-state index in [0.717, 1.165) is 23.2 Å². The largest absolute Gasteiger partial charge is 0.485 e. The van der Waals surface area contributed by atoms with Gasteiger partial charge in [0.1, 0.15) is 6.61 Å². The third kappa shape index (κ3) is 4.95. The molecule has 0 aliphatic heterocycles. The van der Waals surface area contributed by atoms with Crippen LogP contribution in [0.3, 0.4) is 0 Å². The lowest BCUT2D eigenvalue weighted by Gasteiger charge is -2.12. The van der Waals surface area contributed by atoms with Crippen LogP contribution < -0.4 is 16.0 Å². The Morgan fingerprint density at radius 1 is 1.11 bits per heavy atom. The number of benzene rings is 1. The summed E-state index contributed by atoms with van der Waals surface area (Å²) in [6, 6.07) is 15.2. The van der Waals surface area contributed by atoms with Crippen molar-refractivity contribution in [3.05, 3.63) is 76.8 Å². The van der Waals surface area contributed by atoms with Crippen LogP contribution in [-0.4, -0.2) is 35.1 Å². The summed E-state index contributed by atoms with van der Waals surface area (Å²) in [6.45, 7) is 1.86. The van der Waals surface area contributed by atoms with Crippen LogP contribution >= 0.6 is 0 Å². The van der Waals surface area contributed by atoms with E-state index in [1.165, 1.54) is 0 Å². The van der Waals surface area contributed by atoms with Crippen molar-refractivity contribution in [3.8, 4) is 16.9 Å². The summed E-state index contributed by atoms with van der Waals surface area (Å²) < 4.78 is 7.52.